The van der Waals surface area contributed by atoms with E-state index in [1.54, 1.807) is 4.90 Å². The Kier molecular flexibility index (Phi) is 3.69. The van der Waals surface area contributed by atoms with Crippen molar-refractivity contribution in [2.45, 2.75) is 17.9 Å². The number of carbonyl (C=O) groups excluding carboxylic acids is 1. The minimum Gasteiger partial charge on any atom is -0.377 e. The maximum absolute atomic E-state index is 13.1. The first-order chi connectivity index (χ1) is 8.09. The van der Waals surface area contributed by atoms with Crippen LogP contribution in [-0.4, -0.2) is 36.6 Å². The van der Waals surface area contributed by atoms with Gasteiger partial charge in [-0.15, -0.1) is 12.6 Å². The lowest BCUT2D eigenvalue weighted by Gasteiger charge is -2.33. The van der Waals surface area contributed by atoms with Gasteiger partial charge in [0.1, 0.15) is 5.82 Å². The van der Waals surface area contributed by atoms with Crippen molar-refractivity contribution in [3.05, 3.63) is 29.6 Å². The number of morpholine rings is 1. The third-order valence-electron chi connectivity index (χ3n) is 2.82. The van der Waals surface area contributed by atoms with Crippen molar-refractivity contribution in [3.8, 4) is 0 Å². The molecule has 1 aromatic rings. The van der Waals surface area contributed by atoms with Gasteiger partial charge in [0.05, 0.1) is 19.3 Å². The molecule has 0 aromatic heterocycles. The smallest absolute Gasteiger partial charge is 0.254 e. The van der Waals surface area contributed by atoms with Gasteiger partial charge in [0.2, 0.25) is 0 Å². The molecule has 1 unspecified atom stereocenters. The highest BCUT2D eigenvalue weighted by Crippen LogP contribution is 2.17. The molecule has 0 N–H and O–H groups in total. The molecule has 1 heterocycles. The van der Waals surface area contributed by atoms with Crippen LogP contribution in [-0.2, 0) is 4.74 Å². The summed E-state index contributed by atoms with van der Waals surface area (Å²) >= 11 is 3.98. The third-order valence-corrected chi connectivity index (χ3v) is 3.16. The molecule has 0 radical (unpaired) electrons. The topological polar surface area (TPSA) is 29.5 Å². The van der Waals surface area contributed by atoms with Crippen LogP contribution in [0.4, 0.5) is 4.39 Å². The van der Waals surface area contributed by atoms with Crippen LogP contribution < -0.4 is 0 Å². The van der Waals surface area contributed by atoms with Crippen LogP contribution in [0.2, 0.25) is 0 Å². The summed E-state index contributed by atoms with van der Waals surface area (Å²) in [4.78, 5) is 14.1. The molecule has 0 saturated carbocycles. The summed E-state index contributed by atoms with van der Waals surface area (Å²) in [5.74, 6) is -0.518. The first-order valence-corrected chi connectivity index (χ1v) is 5.91. The lowest BCUT2D eigenvalue weighted by Crippen LogP contribution is -2.47. The zero-order valence-electron chi connectivity index (χ0n) is 9.52. The summed E-state index contributed by atoms with van der Waals surface area (Å²) in [5, 5.41) is 0. The van der Waals surface area contributed by atoms with Gasteiger partial charge < -0.3 is 9.64 Å². The number of halogens is 1. The SMILES string of the molecule is CC1COCCN1C(=O)c1ccc(F)c(S)c1. The van der Waals surface area contributed by atoms with Crippen LogP contribution in [0.25, 0.3) is 0 Å². The van der Waals surface area contributed by atoms with E-state index in [1.165, 1.54) is 18.2 Å². The highest BCUT2D eigenvalue weighted by Gasteiger charge is 2.24. The fourth-order valence-electron chi connectivity index (χ4n) is 1.84. The molecule has 92 valence electrons. The van der Waals surface area contributed by atoms with Gasteiger partial charge >= 0.3 is 0 Å². The summed E-state index contributed by atoms with van der Waals surface area (Å²) in [6.45, 7) is 3.59. The Morgan fingerprint density at radius 2 is 2.35 bits per heavy atom. The van der Waals surface area contributed by atoms with E-state index in [0.717, 1.165) is 0 Å². The van der Waals surface area contributed by atoms with E-state index in [-0.39, 0.29) is 16.8 Å². The Bertz CT molecular complexity index is 439. The summed E-state index contributed by atoms with van der Waals surface area (Å²) in [7, 11) is 0. The third kappa shape index (κ3) is 2.61. The average Bonchev–Trinajstić information content (AvgIpc) is 2.32. The average molecular weight is 255 g/mol. The van der Waals surface area contributed by atoms with Crippen molar-refractivity contribution in [2.24, 2.45) is 0 Å². The molecule has 1 aromatic carbocycles. The number of nitrogens with zero attached hydrogens (tertiary/aromatic N) is 1. The zero-order chi connectivity index (χ0) is 12.4. The van der Waals surface area contributed by atoms with Crippen molar-refractivity contribution >= 4 is 18.5 Å². The predicted octanol–water partition coefficient (Wildman–Crippen LogP) is 1.98. The maximum Gasteiger partial charge on any atom is 0.254 e. The molecule has 0 aliphatic carbocycles. The zero-order valence-corrected chi connectivity index (χ0v) is 10.4. The highest BCUT2D eigenvalue weighted by atomic mass is 32.1. The quantitative estimate of drug-likeness (QED) is 0.778. The van der Waals surface area contributed by atoms with E-state index >= 15 is 0 Å². The number of hydrogen-bond acceptors (Lipinski definition) is 3. The Hall–Kier alpha value is -1.07. The predicted molar refractivity (Wildman–Crippen MR) is 65.0 cm³/mol. The molecule has 1 atom stereocenters. The minimum absolute atomic E-state index is 0.0460. The van der Waals surface area contributed by atoms with Gasteiger partial charge in [-0.05, 0) is 25.1 Å². The number of benzene rings is 1. The van der Waals surface area contributed by atoms with Crippen LogP contribution in [0.1, 0.15) is 17.3 Å². The van der Waals surface area contributed by atoms with Crippen molar-refractivity contribution in [1.82, 2.24) is 4.90 Å². The number of hydrogen-bond donors (Lipinski definition) is 1. The van der Waals surface area contributed by atoms with Gasteiger partial charge in [-0.2, -0.15) is 0 Å². The fraction of sp³-hybridized carbons (Fsp3) is 0.417. The second-order valence-corrected chi connectivity index (χ2v) is 4.57. The Balaban J connectivity index is 2.21. The van der Waals surface area contributed by atoms with Crippen LogP contribution in [0.15, 0.2) is 23.1 Å². The first-order valence-electron chi connectivity index (χ1n) is 5.47. The number of ether oxygens (including phenoxy) is 1. The van der Waals surface area contributed by atoms with E-state index in [2.05, 4.69) is 12.6 Å². The molecule has 5 heteroatoms. The molecule has 1 saturated heterocycles. The maximum atomic E-state index is 13.1. The van der Waals surface area contributed by atoms with Crippen LogP contribution in [0.3, 0.4) is 0 Å². The van der Waals surface area contributed by atoms with Crippen LogP contribution in [0, 0.1) is 5.82 Å². The summed E-state index contributed by atoms with van der Waals surface area (Å²) in [6.07, 6.45) is 0. The highest BCUT2D eigenvalue weighted by molar-refractivity contribution is 7.80. The lowest BCUT2D eigenvalue weighted by atomic mass is 10.1. The largest absolute Gasteiger partial charge is 0.377 e. The van der Waals surface area contributed by atoms with Crippen molar-refractivity contribution in [2.75, 3.05) is 19.8 Å². The summed E-state index contributed by atoms with van der Waals surface area (Å²) in [5.41, 5.74) is 0.463. The fourth-order valence-corrected chi connectivity index (χ4v) is 2.05. The number of carbonyl (C=O) groups is 1. The monoisotopic (exact) mass is 255 g/mol. The van der Waals surface area contributed by atoms with E-state index in [9.17, 15) is 9.18 Å². The van der Waals surface area contributed by atoms with Crippen molar-refractivity contribution < 1.29 is 13.9 Å². The molecule has 0 spiro atoms. The van der Waals surface area contributed by atoms with Gasteiger partial charge in [-0.3, -0.25) is 4.79 Å². The van der Waals surface area contributed by atoms with Gasteiger partial charge in [-0.25, -0.2) is 4.39 Å². The van der Waals surface area contributed by atoms with E-state index in [1.807, 2.05) is 6.92 Å². The number of amides is 1. The molecule has 2 rings (SSSR count). The second-order valence-electron chi connectivity index (χ2n) is 4.09. The lowest BCUT2D eigenvalue weighted by molar-refractivity contribution is 0.00357. The van der Waals surface area contributed by atoms with Gasteiger partial charge in [0.25, 0.3) is 5.91 Å². The second kappa shape index (κ2) is 5.06. The molecule has 1 aliphatic rings. The molecular formula is C12H14FNO2S. The summed E-state index contributed by atoms with van der Waals surface area (Å²) < 4.78 is 18.3. The van der Waals surface area contributed by atoms with Gasteiger partial charge in [0.15, 0.2) is 0 Å². The minimum atomic E-state index is -0.417. The summed E-state index contributed by atoms with van der Waals surface area (Å²) in [6, 6.07) is 4.26. The van der Waals surface area contributed by atoms with Crippen LogP contribution in [0.5, 0.6) is 0 Å². The van der Waals surface area contributed by atoms with E-state index in [0.29, 0.717) is 25.3 Å². The first kappa shape index (κ1) is 12.4. The molecule has 17 heavy (non-hydrogen) atoms. The van der Waals surface area contributed by atoms with Crippen LogP contribution >= 0.6 is 12.6 Å². The van der Waals surface area contributed by atoms with E-state index < -0.39 is 5.82 Å². The molecule has 0 bridgehead atoms. The molecule has 1 amide bonds. The Morgan fingerprint density at radius 1 is 1.59 bits per heavy atom. The number of rotatable bonds is 1. The standard InChI is InChI=1S/C12H14FNO2S/c1-8-7-16-5-4-14(8)12(15)9-2-3-10(13)11(17)6-9/h2-3,6,8,17H,4-5,7H2,1H3. The number of thiol groups is 1. The van der Waals surface area contributed by atoms with Gasteiger partial charge in [-0.1, -0.05) is 0 Å². The Labute approximate surface area is 105 Å². The molecule has 3 nitrogen and oxygen atoms in total. The molecule has 1 aliphatic heterocycles. The van der Waals surface area contributed by atoms with Crippen molar-refractivity contribution in [3.63, 3.8) is 0 Å². The van der Waals surface area contributed by atoms with E-state index in [4.69, 9.17) is 4.74 Å². The normalized spacial score (nSPS) is 20.4. The Morgan fingerprint density at radius 3 is 3.00 bits per heavy atom. The molecular weight excluding hydrogens is 241 g/mol. The van der Waals surface area contributed by atoms with Crippen molar-refractivity contribution in [1.29, 1.82) is 0 Å². The molecule has 1 fully saturated rings. The van der Waals surface area contributed by atoms with Gasteiger partial charge in [0, 0.05) is 17.0 Å².